The van der Waals surface area contributed by atoms with Crippen LogP contribution in [0.3, 0.4) is 0 Å². The Bertz CT molecular complexity index is 94.3. The van der Waals surface area contributed by atoms with Gasteiger partial charge in [0.1, 0.15) is 0 Å². The molecule has 1 aliphatic heterocycles. The smallest absolute Gasteiger partial charge is 0.155 e. The van der Waals surface area contributed by atoms with E-state index in [1.54, 1.807) is 6.92 Å². The molecule has 0 spiro atoms. The van der Waals surface area contributed by atoms with Crippen molar-refractivity contribution in [2.24, 2.45) is 0 Å². The molecule has 9 heavy (non-hydrogen) atoms. The van der Waals surface area contributed by atoms with Crippen molar-refractivity contribution in [1.29, 1.82) is 0 Å². The Morgan fingerprint density at radius 2 is 2.00 bits per heavy atom. The summed E-state index contributed by atoms with van der Waals surface area (Å²) in [5.74, 6) is 0. The van der Waals surface area contributed by atoms with Crippen LogP contribution in [0.1, 0.15) is 19.8 Å². The summed E-state index contributed by atoms with van der Waals surface area (Å²) in [6, 6.07) is 0. The highest BCUT2D eigenvalue weighted by Gasteiger charge is 2.24. The van der Waals surface area contributed by atoms with Crippen LogP contribution < -0.4 is 0 Å². The van der Waals surface area contributed by atoms with Gasteiger partial charge in [0, 0.05) is 6.42 Å². The molecule has 1 rings (SSSR count). The summed E-state index contributed by atoms with van der Waals surface area (Å²) in [7, 11) is 0. The second-order valence-electron chi connectivity index (χ2n) is 2.44. The van der Waals surface area contributed by atoms with Crippen LogP contribution in [-0.2, 0) is 4.74 Å². The zero-order valence-electron chi connectivity index (χ0n) is 5.45. The minimum absolute atomic E-state index is 0.214. The van der Waals surface area contributed by atoms with Crippen molar-refractivity contribution in [2.45, 2.75) is 38.3 Å². The normalized spacial score (nSPS) is 45.0. The highest BCUT2D eigenvalue weighted by molar-refractivity contribution is 4.69. The number of aliphatic hydroxyl groups is 2. The molecule has 0 aromatic carbocycles. The summed E-state index contributed by atoms with van der Waals surface area (Å²) in [6.45, 7) is 1.76. The first kappa shape index (κ1) is 6.99. The molecule has 1 aliphatic rings. The summed E-state index contributed by atoms with van der Waals surface area (Å²) in [5, 5.41) is 17.9. The number of hydrogen-bond acceptors (Lipinski definition) is 3. The van der Waals surface area contributed by atoms with Crippen molar-refractivity contribution in [3.8, 4) is 0 Å². The van der Waals surface area contributed by atoms with Gasteiger partial charge in [0.05, 0.1) is 12.2 Å². The van der Waals surface area contributed by atoms with E-state index in [-0.39, 0.29) is 6.10 Å². The van der Waals surface area contributed by atoms with E-state index in [9.17, 15) is 0 Å². The van der Waals surface area contributed by atoms with Gasteiger partial charge in [0.2, 0.25) is 0 Å². The van der Waals surface area contributed by atoms with Crippen LogP contribution in [0.25, 0.3) is 0 Å². The highest BCUT2D eigenvalue weighted by Crippen LogP contribution is 2.16. The predicted molar refractivity (Wildman–Crippen MR) is 31.8 cm³/mol. The maximum Gasteiger partial charge on any atom is 0.155 e. The molecule has 0 saturated carbocycles. The van der Waals surface area contributed by atoms with Crippen molar-refractivity contribution >= 4 is 0 Å². The number of rotatable bonds is 0. The number of ether oxygens (including phenoxy) is 1. The fourth-order valence-electron chi connectivity index (χ4n) is 0.955. The molecule has 0 unspecified atom stereocenters. The zero-order valence-corrected chi connectivity index (χ0v) is 5.45. The fourth-order valence-corrected chi connectivity index (χ4v) is 0.955. The van der Waals surface area contributed by atoms with Crippen molar-refractivity contribution in [3.05, 3.63) is 0 Å². The Morgan fingerprint density at radius 3 is 2.44 bits per heavy atom. The first-order valence-corrected chi connectivity index (χ1v) is 3.21. The SMILES string of the molecule is C[C@H]1O[C@@H](O)CC[C@@H]1O. The van der Waals surface area contributed by atoms with Gasteiger partial charge in [-0.25, -0.2) is 0 Å². The summed E-state index contributed by atoms with van der Waals surface area (Å²) in [6.07, 6.45) is -0.0843. The highest BCUT2D eigenvalue weighted by atomic mass is 16.6. The zero-order chi connectivity index (χ0) is 6.85. The Balaban J connectivity index is 2.35. The molecular formula is C6H12O3. The second kappa shape index (κ2) is 2.64. The average Bonchev–Trinajstić information content (AvgIpc) is 1.80. The standard InChI is InChI=1S/C6H12O3/c1-4-5(7)2-3-6(8)9-4/h4-8H,2-3H2,1H3/t4-,5+,6-/m1/s1. The van der Waals surface area contributed by atoms with Gasteiger partial charge >= 0.3 is 0 Å². The van der Waals surface area contributed by atoms with Crippen molar-refractivity contribution in [2.75, 3.05) is 0 Å². The first-order valence-electron chi connectivity index (χ1n) is 3.21. The van der Waals surface area contributed by atoms with E-state index < -0.39 is 12.4 Å². The molecule has 1 saturated heterocycles. The van der Waals surface area contributed by atoms with Gasteiger partial charge in [-0.15, -0.1) is 0 Å². The average molecular weight is 132 g/mol. The quantitative estimate of drug-likeness (QED) is 0.482. The van der Waals surface area contributed by atoms with Gasteiger partial charge in [-0.3, -0.25) is 0 Å². The molecule has 3 atom stereocenters. The van der Waals surface area contributed by atoms with E-state index in [1.807, 2.05) is 0 Å². The molecule has 0 aliphatic carbocycles. The summed E-state index contributed by atoms with van der Waals surface area (Å²) in [4.78, 5) is 0. The van der Waals surface area contributed by atoms with Gasteiger partial charge in [0.15, 0.2) is 6.29 Å². The molecule has 0 aromatic heterocycles. The topological polar surface area (TPSA) is 49.7 Å². The van der Waals surface area contributed by atoms with E-state index in [0.29, 0.717) is 12.8 Å². The van der Waals surface area contributed by atoms with Gasteiger partial charge in [-0.1, -0.05) is 0 Å². The van der Waals surface area contributed by atoms with Crippen LogP contribution in [0.15, 0.2) is 0 Å². The van der Waals surface area contributed by atoms with E-state index in [1.165, 1.54) is 0 Å². The number of hydrogen-bond donors (Lipinski definition) is 2. The Kier molecular flexibility index (Phi) is 2.05. The van der Waals surface area contributed by atoms with E-state index in [2.05, 4.69) is 0 Å². The van der Waals surface area contributed by atoms with Crippen molar-refractivity contribution < 1.29 is 14.9 Å². The number of aliphatic hydroxyl groups excluding tert-OH is 2. The third-order valence-corrected chi connectivity index (χ3v) is 1.62. The van der Waals surface area contributed by atoms with Gasteiger partial charge in [-0.05, 0) is 13.3 Å². The molecule has 1 heterocycles. The summed E-state index contributed by atoms with van der Waals surface area (Å²) < 4.78 is 4.90. The van der Waals surface area contributed by atoms with Crippen LogP contribution >= 0.6 is 0 Å². The Morgan fingerprint density at radius 1 is 1.33 bits per heavy atom. The van der Waals surface area contributed by atoms with Crippen LogP contribution in [-0.4, -0.2) is 28.7 Å². The first-order chi connectivity index (χ1) is 4.20. The van der Waals surface area contributed by atoms with E-state index in [4.69, 9.17) is 14.9 Å². The second-order valence-corrected chi connectivity index (χ2v) is 2.44. The lowest BCUT2D eigenvalue weighted by atomic mass is 10.1. The molecule has 0 aromatic rings. The van der Waals surface area contributed by atoms with Crippen molar-refractivity contribution in [1.82, 2.24) is 0 Å². The van der Waals surface area contributed by atoms with Gasteiger partial charge in [-0.2, -0.15) is 0 Å². The lowest BCUT2D eigenvalue weighted by Crippen LogP contribution is -2.36. The molecular weight excluding hydrogens is 120 g/mol. The molecule has 0 radical (unpaired) electrons. The van der Waals surface area contributed by atoms with Crippen molar-refractivity contribution in [3.63, 3.8) is 0 Å². The lowest BCUT2D eigenvalue weighted by molar-refractivity contribution is -0.192. The Hall–Kier alpha value is -0.120. The van der Waals surface area contributed by atoms with E-state index >= 15 is 0 Å². The largest absolute Gasteiger partial charge is 0.390 e. The third kappa shape index (κ3) is 1.64. The molecule has 54 valence electrons. The molecule has 3 heteroatoms. The lowest BCUT2D eigenvalue weighted by Gasteiger charge is -2.28. The monoisotopic (exact) mass is 132 g/mol. The minimum atomic E-state index is -0.664. The Labute approximate surface area is 54.3 Å². The fraction of sp³-hybridized carbons (Fsp3) is 1.00. The molecule has 1 fully saturated rings. The van der Waals surface area contributed by atoms with Crippen LogP contribution in [0.2, 0.25) is 0 Å². The van der Waals surface area contributed by atoms with Crippen LogP contribution in [0, 0.1) is 0 Å². The molecule has 2 N–H and O–H groups in total. The molecule has 0 amide bonds. The minimum Gasteiger partial charge on any atom is -0.390 e. The van der Waals surface area contributed by atoms with Crippen LogP contribution in [0.4, 0.5) is 0 Å². The molecule has 0 bridgehead atoms. The predicted octanol–water partition coefficient (Wildman–Crippen LogP) is -0.135. The molecule has 3 nitrogen and oxygen atoms in total. The van der Waals surface area contributed by atoms with Gasteiger partial charge < -0.3 is 14.9 Å². The maximum atomic E-state index is 9.06. The van der Waals surface area contributed by atoms with E-state index in [0.717, 1.165) is 0 Å². The maximum absolute atomic E-state index is 9.06. The van der Waals surface area contributed by atoms with Crippen LogP contribution in [0.5, 0.6) is 0 Å². The summed E-state index contributed by atoms with van der Waals surface area (Å²) in [5.41, 5.74) is 0. The van der Waals surface area contributed by atoms with Gasteiger partial charge in [0.25, 0.3) is 0 Å². The third-order valence-electron chi connectivity index (χ3n) is 1.62. The summed E-state index contributed by atoms with van der Waals surface area (Å²) >= 11 is 0.